The molecule has 0 aliphatic carbocycles. The minimum Gasteiger partial charge on any atom is -0.350 e. The topological polar surface area (TPSA) is 4.93 Å². The van der Waals surface area contributed by atoms with E-state index in [-0.39, 0.29) is 5.56 Å². The number of halogens is 2. The second-order valence-electron chi connectivity index (χ2n) is 3.56. The van der Waals surface area contributed by atoms with Gasteiger partial charge in [-0.25, -0.2) is 8.78 Å². The van der Waals surface area contributed by atoms with Crippen LogP contribution in [0.3, 0.4) is 0 Å². The van der Waals surface area contributed by atoms with Crippen molar-refractivity contribution in [3.8, 4) is 0 Å². The largest absolute Gasteiger partial charge is 0.350 e. The average molecular weight is 195 g/mol. The van der Waals surface area contributed by atoms with Crippen LogP contribution in [0.2, 0.25) is 0 Å². The van der Waals surface area contributed by atoms with Crippen molar-refractivity contribution in [3.05, 3.63) is 36.0 Å². The third-order valence-electron chi connectivity index (χ3n) is 2.37. The molecule has 0 fully saturated rings. The van der Waals surface area contributed by atoms with Crippen LogP contribution in [0.1, 0.15) is 12.5 Å². The van der Waals surface area contributed by atoms with Crippen molar-refractivity contribution in [1.29, 1.82) is 0 Å². The number of para-hydroxylation sites is 1. The summed E-state index contributed by atoms with van der Waals surface area (Å²) in [6.45, 7) is 0.925. The van der Waals surface area contributed by atoms with Crippen LogP contribution in [0.4, 0.5) is 8.78 Å². The molecule has 0 aliphatic rings. The number of nitrogens with zero attached hydrogens (tertiary/aromatic N) is 1. The van der Waals surface area contributed by atoms with E-state index >= 15 is 0 Å². The first-order valence-electron chi connectivity index (χ1n) is 4.42. The Morgan fingerprint density at radius 1 is 1.21 bits per heavy atom. The molecule has 0 saturated heterocycles. The predicted molar refractivity (Wildman–Crippen MR) is 52.5 cm³/mol. The van der Waals surface area contributed by atoms with Gasteiger partial charge in [0.15, 0.2) is 0 Å². The van der Waals surface area contributed by atoms with E-state index in [1.165, 1.54) is 6.20 Å². The normalized spacial score (nSPS) is 12.3. The summed E-state index contributed by atoms with van der Waals surface area (Å²) < 4.78 is 28.1. The van der Waals surface area contributed by atoms with Crippen molar-refractivity contribution >= 4 is 10.9 Å². The number of benzene rings is 1. The summed E-state index contributed by atoms with van der Waals surface area (Å²) in [5.41, 5.74) is 0.930. The van der Waals surface area contributed by atoms with Crippen LogP contribution in [0, 0.1) is 0 Å². The lowest BCUT2D eigenvalue weighted by molar-refractivity contribution is 0.0189. The molecule has 1 aromatic heterocycles. The van der Waals surface area contributed by atoms with E-state index in [1.807, 2.05) is 12.1 Å². The standard InChI is InChI=1S/C11H11F2N/c1-11(12,13)9-7-14(2)10-6-4-3-5-8(9)10/h3-7H,1-2H3. The maximum absolute atomic E-state index is 13.2. The number of hydrogen-bond donors (Lipinski definition) is 0. The van der Waals surface area contributed by atoms with Crippen LogP contribution in [-0.4, -0.2) is 4.57 Å². The lowest BCUT2D eigenvalue weighted by Gasteiger charge is -2.07. The number of alkyl halides is 2. The Hall–Kier alpha value is -1.38. The van der Waals surface area contributed by atoms with Gasteiger partial charge in [0, 0.05) is 36.6 Å². The highest BCUT2D eigenvalue weighted by atomic mass is 19.3. The molecule has 0 saturated carbocycles. The zero-order chi connectivity index (χ0) is 10.3. The van der Waals surface area contributed by atoms with Gasteiger partial charge < -0.3 is 4.57 Å². The van der Waals surface area contributed by atoms with Gasteiger partial charge in [-0.3, -0.25) is 0 Å². The first-order valence-corrected chi connectivity index (χ1v) is 4.42. The molecule has 0 amide bonds. The maximum Gasteiger partial charge on any atom is 0.272 e. The van der Waals surface area contributed by atoms with E-state index in [0.29, 0.717) is 5.39 Å². The van der Waals surface area contributed by atoms with E-state index in [1.54, 1.807) is 23.7 Å². The van der Waals surface area contributed by atoms with Crippen LogP contribution < -0.4 is 0 Å². The highest BCUT2D eigenvalue weighted by molar-refractivity contribution is 5.84. The number of aromatic nitrogens is 1. The fourth-order valence-corrected chi connectivity index (χ4v) is 1.69. The Morgan fingerprint density at radius 2 is 1.86 bits per heavy atom. The third-order valence-corrected chi connectivity index (χ3v) is 2.37. The fourth-order valence-electron chi connectivity index (χ4n) is 1.69. The monoisotopic (exact) mass is 195 g/mol. The van der Waals surface area contributed by atoms with Crippen molar-refractivity contribution in [1.82, 2.24) is 4.57 Å². The number of fused-ring (bicyclic) bond motifs is 1. The summed E-state index contributed by atoms with van der Waals surface area (Å²) in [5.74, 6) is -2.78. The third kappa shape index (κ3) is 1.29. The Labute approximate surface area is 81.0 Å². The molecule has 0 bridgehead atoms. The lowest BCUT2D eigenvalue weighted by atomic mass is 10.1. The predicted octanol–water partition coefficient (Wildman–Crippen LogP) is 3.29. The summed E-state index contributed by atoms with van der Waals surface area (Å²) in [6.07, 6.45) is 1.49. The van der Waals surface area contributed by atoms with Crippen molar-refractivity contribution in [2.45, 2.75) is 12.8 Å². The van der Waals surface area contributed by atoms with Gasteiger partial charge >= 0.3 is 0 Å². The van der Waals surface area contributed by atoms with E-state index in [4.69, 9.17) is 0 Å². The van der Waals surface area contributed by atoms with E-state index < -0.39 is 5.92 Å². The molecule has 1 heterocycles. The summed E-state index contributed by atoms with van der Waals surface area (Å²) in [6, 6.07) is 7.18. The molecule has 0 N–H and O–H groups in total. The molecule has 1 aromatic carbocycles. The second kappa shape index (κ2) is 2.80. The fraction of sp³-hybridized carbons (Fsp3) is 0.273. The Bertz CT molecular complexity index is 466. The quantitative estimate of drug-likeness (QED) is 0.658. The van der Waals surface area contributed by atoms with Gasteiger partial charge in [-0.15, -0.1) is 0 Å². The Kier molecular flexibility index (Phi) is 1.84. The van der Waals surface area contributed by atoms with Crippen LogP contribution in [0.15, 0.2) is 30.5 Å². The summed E-state index contributed by atoms with van der Waals surface area (Å²) in [4.78, 5) is 0. The molecule has 14 heavy (non-hydrogen) atoms. The molecule has 2 aromatic rings. The SMILES string of the molecule is Cn1cc(C(C)(F)F)c2ccccc21. The van der Waals surface area contributed by atoms with Gasteiger partial charge in [0.25, 0.3) is 5.92 Å². The van der Waals surface area contributed by atoms with Crippen molar-refractivity contribution in [2.24, 2.45) is 7.05 Å². The van der Waals surface area contributed by atoms with E-state index in [9.17, 15) is 8.78 Å². The van der Waals surface area contributed by atoms with Crippen LogP contribution in [-0.2, 0) is 13.0 Å². The zero-order valence-corrected chi connectivity index (χ0v) is 8.09. The van der Waals surface area contributed by atoms with Crippen LogP contribution >= 0.6 is 0 Å². The Morgan fingerprint density at radius 3 is 2.50 bits per heavy atom. The van der Waals surface area contributed by atoms with E-state index in [2.05, 4.69) is 0 Å². The second-order valence-corrected chi connectivity index (χ2v) is 3.56. The molecule has 0 unspecified atom stereocenters. The van der Waals surface area contributed by atoms with Gasteiger partial charge in [0.05, 0.1) is 0 Å². The minimum atomic E-state index is -2.78. The van der Waals surface area contributed by atoms with Crippen molar-refractivity contribution < 1.29 is 8.78 Å². The van der Waals surface area contributed by atoms with Crippen molar-refractivity contribution in [3.63, 3.8) is 0 Å². The Balaban J connectivity index is 2.80. The molecule has 3 heteroatoms. The van der Waals surface area contributed by atoms with Gasteiger partial charge in [-0.1, -0.05) is 18.2 Å². The van der Waals surface area contributed by atoms with Gasteiger partial charge in [0.2, 0.25) is 0 Å². The highest BCUT2D eigenvalue weighted by Gasteiger charge is 2.28. The number of rotatable bonds is 1. The minimum absolute atomic E-state index is 0.0931. The molecule has 0 radical (unpaired) electrons. The van der Waals surface area contributed by atoms with Crippen molar-refractivity contribution in [2.75, 3.05) is 0 Å². The molecular formula is C11H11F2N. The highest BCUT2D eigenvalue weighted by Crippen LogP contribution is 2.33. The molecule has 1 nitrogen and oxygen atoms in total. The van der Waals surface area contributed by atoms with Crippen LogP contribution in [0.5, 0.6) is 0 Å². The summed E-state index contributed by atoms with van der Waals surface area (Å²) >= 11 is 0. The molecule has 0 atom stereocenters. The first kappa shape index (κ1) is 9.19. The lowest BCUT2D eigenvalue weighted by Crippen LogP contribution is -2.05. The summed E-state index contributed by atoms with van der Waals surface area (Å²) in [5, 5.41) is 0.627. The van der Waals surface area contributed by atoms with Gasteiger partial charge in [0.1, 0.15) is 0 Å². The molecular weight excluding hydrogens is 184 g/mol. The molecule has 2 rings (SSSR count). The zero-order valence-electron chi connectivity index (χ0n) is 8.09. The maximum atomic E-state index is 13.2. The molecule has 0 spiro atoms. The number of aryl methyl sites for hydroxylation is 1. The molecule has 74 valence electrons. The smallest absolute Gasteiger partial charge is 0.272 e. The van der Waals surface area contributed by atoms with Crippen LogP contribution in [0.25, 0.3) is 10.9 Å². The molecule has 0 aliphatic heterocycles. The van der Waals surface area contributed by atoms with Gasteiger partial charge in [-0.05, 0) is 6.07 Å². The van der Waals surface area contributed by atoms with Gasteiger partial charge in [-0.2, -0.15) is 0 Å². The number of hydrogen-bond acceptors (Lipinski definition) is 0. The average Bonchev–Trinajstić information content (AvgIpc) is 2.44. The first-order chi connectivity index (χ1) is 6.50. The van der Waals surface area contributed by atoms with E-state index in [0.717, 1.165) is 12.4 Å². The summed E-state index contributed by atoms with van der Waals surface area (Å²) in [7, 11) is 1.78.